The average Bonchev–Trinajstić information content (AvgIpc) is 3.26. The molecule has 0 N–H and O–H groups in total. The van der Waals surface area contributed by atoms with E-state index in [1.54, 1.807) is 0 Å². The van der Waals surface area contributed by atoms with Crippen LogP contribution in [0, 0.1) is 35.0 Å². The van der Waals surface area contributed by atoms with E-state index in [2.05, 4.69) is 9.36 Å². The Morgan fingerprint density at radius 2 is 1.80 bits per heavy atom. The molecule has 1 aliphatic rings. The molecular formula is C20H16F5N3OS. The van der Waals surface area contributed by atoms with Crippen LogP contribution in [0.5, 0.6) is 5.75 Å². The molecule has 2 heterocycles. The van der Waals surface area contributed by atoms with Crippen LogP contribution in [0.3, 0.4) is 0 Å². The lowest BCUT2D eigenvalue weighted by Crippen LogP contribution is -2.42. The van der Waals surface area contributed by atoms with Crippen LogP contribution in [0.25, 0.3) is 0 Å². The molecule has 30 heavy (non-hydrogen) atoms. The standard InChI is InChI=1S/C20H16F5N3OS/c21-12-1-2-15(22)19(5-12)29-9-11-8-28(20-26-10-27-30-20)4-3-13(11)14-6-17(24)18(25)7-16(14)23/h1-2,5-7,10-11,13H,3-4,8-9H2/t11-,13+/m0/s1. The first-order valence-corrected chi connectivity index (χ1v) is 9.93. The van der Waals surface area contributed by atoms with Gasteiger partial charge in [0.15, 0.2) is 23.2 Å². The smallest absolute Gasteiger partial charge is 0.204 e. The van der Waals surface area contributed by atoms with Crippen molar-refractivity contribution < 1.29 is 26.7 Å². The summed E-state index contributed by atoms with van der Waals surface area (Å²) in [5.74, 6) is -5.87. The number of anilines is 1. The van der Waals surface area contributed by atoms with Gasteiger partial charge in [0.1, 0.15) is 18.0 Å². The molecule has 0 unspecified atom stereocenters. The van der Waals surface area contributed by atoms with Crippen LogP contribution in [-0.2, 0) is 0 Å². The molecule has 0 bridgehead atoms. The molecule has 4 rings (SSSR count). The van der Waals surface area contributed by atoms with Crippen LogP contribution in [0.1, 0.15) is 17.9 Å². The van der Waals surface area contributed by atoms with Gasteiger partial charge in [-0.3, -0.25) is 0 Å². The second-order valence-corrected chi connectivity index (χ2v) is 7.76. The largest absolute Gasteiger partial charge is 0.490 e. The zero-order valence-corrected chi connectivity index (χ0v) is 16.3. The van der Waals surface area contributed by atoms with Gasteiger partial charge in [0, 0.05) is 42.7 Å². The summed E-state index contributed by atoms with van der Waals surface area (Å²) in [7, 11) is 0. The highest BCUT2D eigenvalue weighted by atomic mass is 32.1. The van der Waals surface area contributed by atoms with E-state index in [1.807, 2.05) is 4.90 Å². The minimum absolute atomic E-state index is 0.0270. The van der Waals surface area contributed by atoms with E-state index in [0.29, 0.717) is 30.7 Å². The molecule has 3 aromatic rings. The van der Waals surface area contributed by atoms with E-state index in [-0.39, 0.29) is 17.9 Å². The van der Waals surface area contributed by atoms with Crippen LogP contribution in [0.15, 0.2) is 36.7 Å². The number of halogens is 5. The fraction of sp³-hybridized carbons (Fsp3) is 0.300. The van der Waals surface area contributed by atoms with E-state index in [9.17, 15) is 22.0 Å². The molecule has 2 atom stereocenters. The number of ether oxygens (including phenoxy) is 1. The van der Waals surface area contributed by atoms with Gasteiger partial charge in [-0.2, -0.15) is 4.37 Å². The van der Waals surface area contributed by atoms with Crippen molar-refractivity contribution in [1.82, 2.24) is 9.36 Å². The third kappa shape index (κ3) is 4.23. The van der Waals surface area contributed by atoms with Crippen molar-refractivity contribution in [3.05, 3.63) is 71.3 Å². The average molecular weight is 441 g/mol. The summed E-state index contributed by atoms with van der Waals surface area (Å²) in [6, 6.07) is 4.22. The zero-order valence-electron chi connectivity index (χ0n) is 15.5. The van der Waals surface area contributed by atoms with Crippen LogP contribution in [0.4, 0.5) is 27.1 Å². The Kier molecular flexibility index (Phi) is 5.85. The first-order chi connectivity index (χ1) is 14.4. The molecule has 2 aromatic carbocycles. The summed E-state index contributed by atoms with van der Waals surface area (Å²) < 4.78 is 78.5. The molecule has 1 aliphatic heterocycles. The molecule has 0 saturated carbocycles. The van der Waals surface area contributed by atoms with Gasteiger partial charge in [-0.05, 0) is 36.1 Å². The molecule has 1 saturated heterocycles. The molecule has 4 nitrogen and oxygen atoms in total. The van der Waals surface area contributed by atoms with Crippen molar-refractivity contribution in [3.63, 3.8) is 0 Å². The Bertz CT molecular complexity index is 1030. The second-order valence-electron chi connectivity index (χ2n) is 7.00. The Morgan fingerprint density at radius 1 is 1.00 bits per heavy atom. The fourth-order valence-corrected chi connectivity index (χ4v) is 4.26. The van der Waals surface area contributed by atoms with Gasteiger partial charge < -0.3 is 9.64 Å². The maximum atomic E-state index is 14.4. The van der Waals surface area contributed by atoms with E-state index >= 15 is 0 Å². The monoisotopic (exact) mass is 441 g/mol. The highest BCUT2D eigenvalue weighted by Gasteiger charge is 2.34. The molecule has 1 aromatic heterocycles. The van der Waals surface area contributed by atoms with Crippen molar-refractivity contribution in [1.29, 1.82) is 0 Å². The Labute approximate surface area is 173 Å². The Balaban J connectivity index is 1.61. The quantitative estimate of drug-likeness (QED) is 0.416. The van der Waals surface area contributed by atoms with Crippen molar-refractivity contribution in [3.8, 4) is 5.75 Å². The van der Waals surface area contributed by atoms with E-state index in [0.717, 1.165) is 24.3 Å². The van der Waals surface area contributed by atoms with Crippen molar-refractivity contribution in [2.75, 3.05) is 24.6 Å². The molecule has 0 radical (unpaired) electrons. The maximum Gasteiger partial charge on any atom is 0.204 e. The maximum absolute atomic E-state index is 14.4. The minimum atomic E-state index is -1.27. The third-order valence-electron chi connectivity index (χ3n) is 5.14. The van der Waals surface area contributed by atoms with Crippen LogP contribution in [0.2, 0.25) is 0 Å². The van der Waals surface area contributed by atoms with Gasteiger partial charge in [0.2, 0.25) is 5.13 Å². The third-order valence-corrected chi connectivity index (χ3v) is 5.87. The Hall–Kier alpha value is -2.75. The molecule has 158 valence electrons. The predicted molar refractivity (Wildman–Crippen MR) is 101 cm³/mol. The van der Waals surface area contributed by atoms with Crippen LogP contribution < -0.4 is 9.64 Å². The lowest BCUT2D eigenvalue weighted by atomic mass is 9.80. The van der Waals surface area contributed by atoms with Crippen molar-refractivity contribution in [2.24, 2.45) is 5.92 Å². The number of hydrogen-bond donors (Lipinski definition) is 0. The summed E-state index contributed by atoms with van der Waals surface area (Å²) in [4.78, 5) is 6.08. The zero-order chi connectivity index (χ0) is 21.3. The topological polar surface area (TPSA) is 38.2 Å². The number of hydrogen-bond acceptors (Lipinski definition) is 5. The van der Waals surface area contributed by atoms with Crippen LogP contribution in [-0.4, -0.2) is 29.1 Å². The molecule has 0 aliphatic carbocycles. The lowest BCUT2D eigenvalue weighted by molar-refractivity contribution is 0.199. The van der Waals surface area contributed by atoms with Gasteiger partial charge in [-0.15, -0.1) is 0 Å². The summed E-state index contributed by atoms with van der Waals surface area (Å²) >= 11 is 1.19. The number of rotatable bonds is 5. The summed E-state index contributed by atoms with van der Waals surface area (Å²) in [6.45, 7) is 0.747. The number of benzene rings is 2. The predicted octanol–water partition coefficient (Wildman–Crippen LogP) is 4.92. The number of piperidine rings is 1. The van der Waals surface area contributed by atoms with Crippen LogP contribution >= 0.6 is 11.5 Å². The summed E-state index contributed by atoms with van der Waals surface area (Å²) in [5, 5.41) is 0.654. The summed E-state index contributed by atoms with van der Waals surface area (Å²) in [6.07, 6.45) is 1.82. The Morgan fingerprint density at radius 3 is 2.57 bits per heavy atom. The van der Waals surface area contributed by atoms with Gasteiger partial charge >= 0.3 is 0 Å². The lowest BCUT2D eigenvalue weighted by Gasteiger charge is -2.38. The molecule has 1 fully saturated rings. The highest BCUT2D eigenvalue weighted by Crippen LogP contribution is 2.37. The van der Waals surface area contributed by atoms with E-state index in [4.69, 9.17) is 4.74 Å². The number of aromatic nitrogens is 2. The van der Waals surface area contributed by atoms with Gasteiger partial charge in [-0.25, -0.2) is 26.9 Å². The number of nitrogens with zero attached hydrogens (tertiary/aromatic N) is 3. The van der Waals surface area contributed by atoms with E-state index in [1.165, 1.54) is 17.9 Å². The molecular weight excluding hydrogens is 425 g/mol. The van der Waals surface area contributed by atoms with E-state index < -0.39 is 40.9 Å². The van der Waals surface area contributed by atoms with Crippen molar-refractivity contribution in [2.45, 2.75) is 12.3 Å². The minimum Gasteiger partial charge on any atom is -0.490 e. The van der Waals surface area contributed by atoms with Crippen molar-refractivity contribution >= 4 is 16.7 Å². The first-order valence-electron chi connectivity index (χ1n) is 9.16. The fourth-order valence-electron chi connectivity index (χ4n) is 3.70. The molecule has 0 amide bonds. The normalized spacial score (nSPS) is 19.2. The second kappa shape index (κ2) is 8.55. The molecule has 0 spiro atoms. The van der Waals surface area contributed by atoms with Gasteiger partial charge in [0.25, 0.3) is 0 Å². The first kappa shape index (κ1) is 20.5. The van der Waals surface area contributed by atoms with Gasteiger partial charge in [-0.1, -0.05) is 0 Å². The summed E-state index contributed by atoms with van der Waals surface area (Å²) in [5.41, 5.74) is 0.0270. The SMILES string of the molecule is Fc1ccc(F)c(OC[C@@H]2CN(c3ncns3)CC[C@H]2c2cc(F)c(F)cc2F)c1. The highest BCUT2D eigenvalue weighted by molar-refractivity contribution is 7.09. The van der Waals surface area contributed by atoms with Gasteiger partial charge in [0.05, 0.1) is 6.61 Å². The molecule has 10 heteroatoms.